The fraction of sp³-hybridized carbons (Fsp3) is 0.244. The Kier molecular flexibility index (Phi) is 7.99. The number of pyridine rings is 2. The van der Waals surface area contributed by atoms with Gasteiger partial charge in [0.25, 0.3) is 0 Å². The Morgan fingerprint density at radius 2 is 1.34 bits per heavy atom. The maximum atomic E-state index is 11.6. The summed E-state index contributed by atoms with van der Waals surface area (Å²) in [4.78, 5) is 12.5. The smallest absolute Gasteiger partial charge is 0.148 e. The minimum Gasteiger partial charge on any atom is -0.505 e. The van der Waals surface area contributed by atoms with Crippen molar-refractivity contribution >= 4 is 49.6 Å². The molecule has 0 spiro atoms. The van der Waals surface area contributed by atoms with Crippen LogP contribution in [0.2, 0.25) is 0 Å². The second kappa shape index (κ2) is 11.8. The van der Waals surface area contributed by atoms with Crippen molar-refractivity contribution in [2.75, 3.05) is 4.90 Å². The number of aromatic nitrogens is 2. The fourth-order valence-electron chi connectivity index (χ4n) is 7.45. The van der Waals surface area contributed by atoms with Gasteiger partial charge in [-0.25, -0.2) is 4.98 Å². The molecule has 0 aliphatic carbocycles. The molecule has 0 unspecified atom stereocenters. The minimum absolute atomic E-state index is 0. The standard InChI is InChI=1S/C45H42N3O.Pt/c1-43(2,3)29-18-20-37-36(25-29)45(7,8)35-19-17-28(24-38(35)48(37)39-26-30(21-22-46-39)44(4,5)6)40-33-16-12-11-15-32(33)34-23-27-13-9-10-14-31(27)42(49)41(34)47-40;/h9-23,25-26,49H,1-8H3;/q-1;. The summed E-state index contributed by atoms with van der Waals surface area (Å²) in [5, 5.41) is 16.4. The average Bonchev–Trinajstić information content (AvgIpc) is 3.07. The van der Waals surface area contributed by atoms with Crippen molar-refractivity contribution in [2.45, 2.75) is 71.6 Å². The number of rotatable bonds is 2. The summed E-state index contributed by atoms with van der Waals surface area (Å²) in [6, 6.07) is 38.0. The topological polar surface area (TPSA) is 49.2 Å². The minimum atomic E-state index is -0.296. The van der Waals surface area contributed by atoms with E-state index in [1.165, 1.54) is 22.3 Å². The Bertz CT molecular complexity index is 2470. The number of phenols is 1. The summed E-state index contributed by atoms with van der Waals surface area (Å²) in [5.41, 5.74) is 8.97. The third-order valence-electron chi connectivity index (χ3n) is 10.4. The number of nitrogens with zero attached hydrogens (tertiary/aromatic N) is 3. The van der Waals surface area contributed by atoms with Gasteiger partial charge in [-0.3, -0.25) is 4.98 Å². The zero-order chi connectivity index (χ0) is 34.5. The molecule has 0 saturated carbocycles. The molecule has 0 fully saturated rings. The normalized spacial score (nSPS) is 14.0. The molecule has 0 radical (unpaired) electrons. The second-order valence-electron chi connectivity index (χ2n) is 16.1. The van der Waals surface area contributed by atoms with Crippen LogP contribution in [0.5, 0.6) is 5.75 Å². The summed E-state index contributed by atoms with van der Waals surface area (Å²) in [6.07, 6.45) is 1.92. The van der Waals surface area contributed by atoms with E-state index in [0.717, 1.165) is 55.4 Å². The van der Waals surface area contributed by atoms with Crippen LogP contribution >= 0.6 is 0 Å². The summed E-state index contributed by atoms with van der Waals surface area (Å²) in [7, 11) is 0. The molecule has 3 heterocycles. The van der Waals surface area contributed by atoms with Gasteiger partial charge in [0.05, 0.1) is 0 Å². The molecule has 0 amide bonds. The van der Waals surface area contributed by atoms with Crippen LogP contribution < -0.4 is 4.90 Å². The molecule has 0 atom stereocenters. The molecule has 50 heavy (non-hydrogen) atoms. The van der Waals surface area contributed by atoms with Gasteiger partial charge >= 0.3 is 0 Å². The third-order valence-corrected chi connectivity index (χ3v) is 10.4. The Labute approximate surface area is 309 Å². The van der Waals surface area contributed by atoms with Gasteiger partial charge in [0.15, 0.2) is 0 Å². The van der Waals surface area contributed by atoms with Crippen LogP contribution in [0.3, 0.4) is 0 Å². The van der Waals surface area contributed by atoms with Crippen molar-refractivity contribution < 1.29 is 26.2 Å². The molecular weight excluding hydrogens is 794 g/mol. The van der Waals surface area contributed by atoms with Crippen molar-refractivity contribution in [2.24, 2.45) is 0 Å². The van der Waals surface area contributed by atoms with Gasteiger partial charge in [-0.05, 0) is 84.7 Å². The first-order chi connectivity index (χ1) is 23.2. The predicted octanol–water partition coefficient (Wildman–Crippen LogP) is 11.8. The Hall–Kier alpha value is -4.53. The van der Waals surface area contributed by atoms with Gasteiger partial charge in [-0.1, -0.05) is 122 Å². The zero-order valence-corrected chi connectivity index (χ0v) is 32.2. The molecule has 5 aromatic carbocycles. The van der Waals surface area contributed by atoms with E-state index < -0.39 is 0 Å². The van der Waals surface area contributed by atoms with Crippen LogP contribution in [0.25, 0.3) is 43.7 Å². The maximum Gasteiger partial charge on any atom is 0.148 e. The van der Waals surface area contributed by atoms with E-state index in [-0.39, 0.29) is 43.1 Å². The molecule has 1 N–H and O–H groups in total. The fourth-order valence-corrected chi connectivity index (χ4v) is 7.45. The van der Waals surface area contributed by atoms with Gasteiger partial charge in [-0.2, -0.15) is 0 Å². The number of hydrogen-bond donors (Lipinski definition) is 1. The van der Waals surface area contributed by atoms with E-state index in [4.69, 9.17) is 9.97 Å². The number of aromatic hydroxyl groups is 1. The Morgan fingerprint density at radius 1 is 0.680 bits per heavy atom. The number of benzene rings is 5. The molecule has 254 valence electrons. The number of hydrogen-bond acceptors (Lipinski definition) is 4. The van der Waals surface area contributed by atoms with Gasteiger partial charge in [0.1, 0.15) is 17.1 Å². The summed E-state index contributed by atoms with van der Waals surface area (Å²) >= 11 is 0. The van der Waals surface area contributed by atoms with Crippen LogP contribution in [0.4, 0.5) is 17.2 Å². The Morgan fingerprint density at radius 3 is 2.06 bits per heavy atom. The van der Waals surface area contributed by atoms with E-state index in [2.05, 4.69) is 139 Å². The van der Waals surface area contributed by atoms with Gasteiger partial charge in [-0.15, -0.1) is 23.8 Å². The molecule has 2 aromatic heterocycles. The second-order valence-corrected chi connectivity index (χ2v) is 16.1. The quantitative estimate of drug-likeness (QED) is 0.107. The monoisotopic (exact) mass is 835 g/mol. The van der Waals surface area contributed by atoms with Gasteiger partial charge < -0.3 is 10.0 Å². The summed E-state index contributed by atoms with van der Waals surface area (Å²) in [6.45, 7) is 18.2. The summed E-state index contributed by atoms with van der Waals surface area (Å²) < 4.78 is 0. The first-order valence-electron chi connectivity index (χ1n) is 17.2. The van der Waals surface area contributed by atoms with Crippen LogP contribution in [0, 0.1) is 6.07 Å². The molecule has 5 heteroatoms. The van der Waals surface area contributed by atoms with Crippen molar-refractivity contribution in [3.63, 3.8) is 0 Å². The van der Waals surface area contributed by atoms with Gasteiger partial charge in [0.2, 0.25) is 0 Å². The van der Waals surface area contributed by atoms with E-state index in [0.29, 0.717) is 5.52 Å². The van der Waals surface area contributed by atoms with Crippen LogP contribution in [0.15, 0.2) is 103 Å². The number of phenolic OH excluding ortho intramolecular Hbond substituents is 1. The van der Waals surface area contributed by atoms with E-state index >= 15 is 0 Å². The van der Waals surface area contributed by atoms with Crippen molar-refractivity contribution in [1.29, 1.82) is 0 Å². The zero-order valence-electron chi connectivity index (χ0n) is 29.9. The molecule has 1 aliphatic rings. The molecule has 8 rings (SSSR count). The first kappa shape index (κ1) is 33.9. The van der Waals surface area contributed by atoms with E-state index in [9.17, 15) is 5.11 Å². The van der Waals surface area contributed by atoms with E-state index in [1.807, 2.05) is 30.5 Å². The van der Waals surface area contributed by atoms with Crippen molar-refractivity contribution in [3.05, 3.63) is 132 Å². The van der Waals surface area contributed by atoms with Crippen molar-refractivity contribution in [3.8, 4) is 17.0 Å². The predicted molar refractivity (Wildman–Crippen MR) is 205 cm³/mol. The Balaban J connectivity index is 0.00000392. The molecule has 0 bridgehead atoms. The van der Waals surface area contributed by atoms with Gasteiger partial charge in [0, 0.05) is 43.7 Å². The average molecular weight is 836 g/mol. The van der Waals surface area contributed by atoms with Crippen LogP contribution in [-0.4, -0.2) is 15.1 Å². The van der Waals surface area contributed by atoms with E-state index in [1.54, 1.807) is 0 Å². The largest absolute Gasteiger partial charge is 0.505 e. The summed E-state index contributed by atoms with van der Waals surface area (Å²) in [5.74, 6) is 1.07. The third kappa shape index (κ3) is 5.31. The van der Waals surface area contributed by atoms with Crippen LogP contribution in [0.1, 0.15) is 77.6 Å². The van der Waals surface area contributed by atoms with Crippen molar-refractivity contribution in [1.82, 2.24) is 9.97 Å². The SMILES string of the molecule is CC(C)(C)c1ccnc(N2c3[c-]c(-c4nc5c(O)c6ccccc6cc5c5ccccc45)ccc3C(C)(C)c3cc(C(C)(C)C)ccc32)c1.[Pt]. The molecule has 7 aromatic rings. The molecular formula is C45H42N3OPt-. The molecule has 0 saturated heterocycles. The first-order valence-corrected chi connectivity index (χ1v) is 17.2. The maximum absolute atomic E-state index is 11.6. The van der Waals surface area contributed by atoms with Crippen LogP contribution in [-0.2, 0) is 37.3 Å². The number of fused-ring (bicyclic) bond motifs is 6. The number of anilines is 3. The molecule has 4 nitrogen and oxygen atoms in total. The molecule has 1 aliphatic heterocycles.